The molecule has 3 nitrogen and oxygen atoms in total. The Morgan fingerprint density at radius 3 is 1.68 bits per heavy atom. The fourth-order valence-electron chi connectivity index (χ4n) is 1.72. The van der Waals surface area contributed by atoms with Gasteiger partial charge in [0.2, 0.25) is 0 Å². The molecular weight excluding hydrogens is 295 g/mol. The van der Waals surface area contributed by atoms with E-state index in [1.807, 2.05) is 67.6 Å². The Kier molecular flexibility index (Phi) is 7.55. The molecule has 22 heavy (non-hydrogen) atoms. The maximum absolute atomic E-state index is 5.86. The summed E-state index contributed by atoms with van der Waals surface area (Å²) in [4.78, 5) is 0. The molecule has 0 radical (unpaired) electrons. The van der Waals surface area contributed by atoms with Gasteiger partial charge in [-0.15, -0.1) is 0 Å². The second kappa shape index (κ2) is 9.70. The Hall–Kier alpha value is -1.25. The Morgan fingerprint density at radius 1 is 0.818 bits per heavy atom. The van der Waals surface area contributed by atoms with Crippen LogP contribution in [0.15, 0.2) is 60.7 Å². The van der Waals surface area contributed by atoms with E-state index in [0.29, 0.717) is 13.2 Å². The molecule has 0 aliphatic carbocycles. The van der Waals surface area contributed by atoms with Crippen LogP contribution in [0.1, 0.15) is 31.4 Å². The highest BCUT2D eigenvalue weighted by Gasteiger charge is 2.16. The van der Waals surface area contributed by atoms with Gasteiger partial charge in [-0.25, -0.2) is 0 Å². The number of hydrogen-bond donors (Lipinski definition) is 0. The third kappa shape index (κ3) is 6.25. The van der Waals surface area contributed by atoms with E-state index in [-0.39, 0.29) is 6.10 Å². The first-order valence-electron chi connectivity index (χ1n) is 7.58. The minimum atomic E-state index is -1.35. The van der Waals surface area contributed by atoms with Gasteiger partial charge in [0, 0.05) is 0 Å². The average Bonchev–Trinajstić information content (AvgIpc) is 2.59. The number of rotatable bonds is 9. The molecule has 0 saturated heterocycles. The predicted octanol–water partition coefficient (Wildman–Crippen LogP) is 5.46. The van der Waals surface area contributed by atoms with Crippen molar-refractivity contribution in [3.05, 3.63) is 71.8 Å². The molecule has 2 aromatic rings. The highest BCUT2D eigenvalue weighted by Crippen LogP contribution is 2.43. The molecule has 0 saturated carbocycles. The van der Waals surface area contributed by atoms with Gasteiger partial charge in [-0.05, 0) is 24.5 Å². The molecule has 0 amide bonds. The van der Waals surface area contributed by atoms with E-state index < -0.39 is 8.60 Å². The van der Waals surface area contributed by atoms with Gasteiger partial charge >= 0.3 is 8.60 Å². The summed E-state index contributed by atoms with van der Waals surface area (Å²) in [5, 5.41) is 0. The second-order valence-electron chi connectivity index (χ2n) is 5.07. The summed E-state index contributed by atoms with van der Waals surface area (Å²) >= 11 is 0. The van der Waals surface area contributed by atoms with E-state index in [9.17, 15) is 0 Å². The first kappa shape index (κ1) is 17.1. The minimum absolute atomic E-state index is 0.123. The zero-order valence-corrected chi connectivity index (χ0v) is 14.0. The molecule has 0 N–H and O–H groups in total. The van der Waals surface area contributed by atoms with E-state index >= 15 is 0 Å². The molecule has 0 unspecified atom stereocenters. The normalized spacial score (nSPS) is 12.5. The maximum atomic E-state index is 5.86. The van der Waals surface area contributed by atoms with Gasteiger partial charge in [0.1, 0.15) is 0 Å². The molecule has 2 aromatic carbocycles. The van der Waals surface area contributed by atoms with Crippen molar-refractivity contribution in [2.75, 3.05) is 0 Å². The van der Waals surface area contributed by atoms with Crippen LogP contribution in [0.2, 0.25) is 0 Å². The van der Waals surface area contributed by atoms with Crippen molar-refractivity contribution in [2.45, 2.75) is 39.6 Å². The van der Waals surface area contributed by atoms with Crippen LogP contribution < -0.4 is 0 Å². The Balaban J connectivity index is 1.87. The average molecular weight is 318 g/mol. The van der Waals surface area contributed by atoms with Crippen molar-refractivity contribution >= 4 is 8.60 Å². The Bertz CT molecular complexity index is 475. The molecule has 1 atom stereocenters. The highest BCUT2D eigenvalue weighted by molar-refractivity contribution is 7.41. The molecule has 2 rings (SSSR count). The molecule has 0 spiro atoms. The quantitative estimate of drug-likeness (QED) is 0.574. The van der Waals surface area contributed by atoms with E-state index in [4.69, 9.17) is 13.6 Å². The minimum Gasteiger partial charge on any atom is -0.309 e. The van der Waals surface area contributed by atoms with Gasteiger partial charge in [0.15, 0.2) is 0 Å². The topological polar surface area (TPSA) is 27.7 Å². The van der Waals surface area contributed by atoms with Crippen molar-refractivity contribution in [3.63, 3.8) is 0 Å². The molecular formula is C18H23O3P. The summed E-state index contributed by atoms with van der Waals surface area (Å²) in [7, 11) is -1.35. The van der Waals surface area contributed by atoms with Crippen molar-refractivity contribution in [3.8, 4) is 0 Å². The van der Waals surface area contributed by atoms with Crippen molar-refractivity contribution < 1.29 is 13.6 Å². The van der Waals surface area contributed by atoms with E-state index in [2.05, 4.69) is 6.92 Å². The summed E-state index contributed by atoms with van der Waals surface area (Å²) < 4.78 is 17.5. The predicted molar refractivity (Wildman–Crippen MR) is 90.2 cm³/mol. The summed E-state index contributed by atoms with van der Waals surface area (Å²) in [5.41, 5.74) is 2.23. The molecule has 4 heteroatoms. The Labute approximate surface area is 134 Å². The second-order valence-corrected chi connectivity index (χ2v) is 6.24. The van der Waals surface area contributed by atoms with Crippen molar-refractivity contribution in [2.24, 2.45) is 0 Å². The molecule has 0 aliphatic rings. The first-order valence-corrected chi connectivity index (χ1v) is 8.68. The fourth-order valence-corrected chi connectivity index (χ4v) is 2.87. The van der Waals surface area contributed by atoms with E-state index in [1.54, 1.807) is 0 Å². The largest absolute Gasteiger partial charge is 0.333 e. The molecule has 0 aliphatic heterocycles. The van der Waals surface area contributed by atoms with Crippen LogP contribution in [0.4, 0.5) is 0 Å². The lowest BCUT2D eigenvalue weighted by Gasteiger charge is -2.20. The van der Waals surface area contributed by atoms with E-state index in [1.165, 1.54) is 0 Å². The molecule has 0 heterocycles. The molecule has 118 valence electrons. The highest BCUT2D eigenvalue weighted by atomic mass is 31.2. The maximum Gasteiger partial charge on any atom is 0.333 e. The number of benzene rings is 2. The third-order valence-electron chi connectivity index (χ3n) is 3.20. The standard InChI is InChI=1S/C18H23O3P/c1-3-16(2)21-22(19-14-17-10-6-4-7-11-17)20-15-18-12-8-5-9-13-18/h4-13,16H,3,14-15H2,1-2H3/t16-/m0/s1. The third-order valence-corrected chi connectivity index (χ3v) is 4.41. The number of hydrogen-bond acceptors (Lipinski definition) is 3. The van der Waals surface area contributed by atoms with Crippen LogP contribution in [-0.4, -0.2) is 6.10 Å². The summed E-state index contributed by atoms with van der Waals surface area (Å²) in [6, 6.07) is 20.1. The zero-order chi connectivity index (χ0) is 15.6. The smallest absolute Gasteiger partial charge is 0.309 e. The van der Waals surface area contributed by atoms with Gasteiger partial charge in [-0.3, -0.25) is 0 Å². The van der Waals surface area contributed by atoms with Gasteiger partial charge in [0.25, 0.3) is 0 Å². The van der Waals surface area contributed by atoms with Crippen molar-refractivity contribution in [1.29, 1.82) is 0 Å². The van der Waals surface area contributed by atoms with Gasteiger partial charge in [-0.2, -0.15) is 0 Å². The summed E-state index contributed by atoms with van der Waals surface area (Å²) in [5.74, 6) is 0. The van der Waals surface area contributed by atoms with Crippen LogP contribution in [-0.2, 0) is 26.8 Å². The monoisotopic (exact) mass is 318 g/mol. The lowest BCUT2D eigenvalue weighted by molar-refractivity contribution is 0.115. The summed E-state index contributed by atoms with van der Waals surface area (Å²) in [6.45, 7) is 5.12. The van der Waals surface area contributed by atoms with E-state index in [0.717, 1.165) is 17.5 Å². The van der Waals surface area contributed by atoms with Gasteiger partial charge < -0.3 is 13.6 Å². The zero-order valence-electron chi connectivity index (χ0n) is 13.1. The van der Waals surface area contributed by atoms with Crippen LogP contribution in [0.3, 0.4) is 0 Å². The summed E-state index contributed by atoms with van der Waals surface area (Å²) in [6.07, 6.45) is 1.06. The molecule has 0 fully saturated rings. The van der Waals surface area contributed by atoms with Crippen LogP contribution in [0.5, 0.6) is 0 Å². The first-order chi connectivity index (χ1) is 10.8. The lowest BCUT2D eigenvalue weighted by Crippen LogP contribution is -2.06. The lowest BCUT2D eigenvalue weighted by atomic mass is 10.2. The van der Waals surface area contributed by atoms with Gasteiger partial charge in [-0.1, -0.05) is 67.6 Å². The SMILES string of the molecule is CC[C@H](C)OP(OCc1ccccc1)OCc1ccccc1. The van der Waals surface area contributed by atoms with Gasteiger partial charge in [0.05, 0.1) is 19.3 Å². The molecule has 0 bridgehead atoms. The fraction of sp³-hybridized carbons (Fsp3) is 0.333. The Morgan fingerprint density at radius 2 is 1.27 bits per heavy atom. The van der Waals surface area contributed by atoms with Crippen molar-refractivity contribution in [1.82, 2.24) is 0 Å². The van der Waals surface area contributed by atoms with Crippen LogP contribution >= 0.6 is 8.60 Å². The van der Waals surface area contributed by atoms with Crippen LogP contribution in [0.25, 0.3) is 0 Å². The molecule has 0 aromatic heterocycles. The van der Waals surface area contributed by atoms with Crippen LogP contribution in [0, 0.1) is 0 Å².